The standard InChI is InChI=1S/C20H24ClN3O2S/c1-6-7-10-24(3)18-17-16(12(2)27-19(17)23-20(21)22-18)13-8-9-14(25-4)15(11-13)26-5/h8-9,11H,6-7,10H2,1-5H3. The first-order valence-electron chi connectivity index (χ1n) is 8.90. The van der Waals surface area contributed by atoms with Crippen LogP contribution in [0.3, 0.4) is 0 Å². The molecule has 3 rings (SSSR count). The van der Waals surface area contributed by atoms with E-state index in [2.05, 4.69) is 35.8 Å². The second kappa shape index (κ2) is 8.31. The Labute approximate surface area is 168 Å². The lowest BCUT2D eigenvalue weighted by molar-refractivity contribution is 0.355. The third-order valence-electron chi connectivity index (χ3n) is 4.56. The highest BCUT2D eigenvalue weighted by Gasteiger charge is 2.21. The highest BCUT2D eigenvalue weighted by molar-refractivity contribution is 7.19. The third kappa shape index (κ3) is 3.82. The second-order valence-corrected chi connectivity index (χ2v) is 7.92. The monoisotopic (exact) mass is 405 g/mol. The number of thiophene rings is 1. The van der Waals surface area contributed by atoms with Gasteiger partial charge in [-0.1, -0.05) is 19.4 Å². The van der Waals surface area contributed by atoms with Gasteiger partial charge >= 0.3 is 0 Å². The maximum absolute atomic E-state index is 6.22. The maximum Gasteiger partial charge on any atom is 0.225 e. The van der Waals surface area contributed by atoms with Crippen molar-refractivity contribution in [2.75, 3.05) is 32.7 Å². The number of hydrogen-bond donors (Lipinski definition) is 0. The zero-order chi connectivity index (χ0) is 19.6. The van der Waals surface area contributed by atoms with Crippen LogP contribution in [0.5, 0.6) is 11.5 Å². The third-order valence-corrected chi connectivity index (χ3v) is 5.73. The van der Waals surface area contributed by atoms with E-state index in [1.807, 2.05) is 18.2 Å². The summed E-state index contributed by atoms with van der Waals surface area (Å²) in [7, 11) is 5.34. The van der Waals surface area contributed by atoms with Crippen molar-refractivity contribution in [2.45, 2.75) is 26.7 Å². The number of methoxy groups -OCH3 is 2. The van der Waals surface area contributed by atoms with Crippen LogP contribution >= 0.6 is 22.9 Å². The van der Waals surface area contributed by atoms with Gasteiger partial charge in [0.05, 0.1) is 19.6 Å². The smallest absolute Gasteiger partial charge is 0.225 e. The fourth-order valence-electron chi connectivity index (χ4n) is 3.19. The van der Waals surface area contributed by atoms with Crippen LogP contribution in [0.4, 0.5) is 5.82 Å². The van der Waals surface area contributed by atoms with Crippen molar-refractivity contribution in [1.29, 1.82) is 0 Å². The number of rotatable bonds is 7. The molecule has 0 aliphatic heterocycles. The fraction of sp³-hybridized carbons (Fsp3) is 0.400. The zero-order valence-electron chi connectivity index (χ0n) is 16.3. The van der Waals surface area contributed by atoms with Gasteiger partial charge in [-0.05, 0) is 42.6 Å². The molecule has 1 aromatic carbocycles. The Morgan fingerprint density at radius 1 is 1.15 bits per heavy atom. The van der Waals surface area contributed by atoms with E-state index in [1.165, 1.54) is 4.88 Å². The molecule has 2 aromatic heterocycles. The molecule has 0 unspecified atom stereocenters. The number of ether oxygens (including phenoxy) is 2. The van der Waals surface area contributed by atoms with Gasteiger partial charge in [0.15, 0.2) is 11.5 Å². The highest BCUT2D eigenvalue weighted by Crippen LogP contribution is 2.44. The molecule has 0 N–H and O–H groups in total. The number of aromatic nitrogens is 2. The van der Waals surface area contributed by atoms with E-state index in [0.29, 0.717) is 11.5 Å². The average Bonchev–Trinajstić information content (AvgIpc) is 3.00. The van der Waals surface area contributed by atoms with Crippen molar-refractivity contribution in [1.82, 2.24) is 9.97 Å². The van der Waals surface area contributed by atoms with Gasteiger partial charge in [-0.3, -0.25) is 0 Å². The molecule has 0 atom stereocenters. The summed E-state index contributed by atoms with van der Waals surface area (Å²) in [4.78, 5) is 13.3. The number of halogens is 1. The van der Waals surface area contributed by atoms with Gasteiger partial charge in [-0.15, -0.1) is 11.3 Å². The van der Waals surface area contributed by atoms with Crippen LogP contribution < -0.4 is 14.4 Å². The normalized spacial score (nSPS) is 11.0. The molecule has 0 fully saturated rings. The van der Waals surface area contributed by atoms with Crippen LogP contribution in [0.2, 0.25) is 5.28 Å². The molecule has 0 bridgehead atoms. The summed E-state index contributed by atoms with van der Waals surface area (Å²) >= 11 is 7.85. The molecule has 5 nitrogen and oxygen atoms in total. The number of hydrogen-bond acceptors (Lipinski definition) is 6. The Balaban J connectivity index is 2.23. The lowest BCUT2D eigenvalue weighted by Gasteiger charge is -2.20. The van der Waals surface area contributed by atoms with Crippen LogP contribution in [0.1, 0.15) is 24.6 Å². The van der Waals surface area contributed by atoms with E-state index < -0.39 is 0 Å². The van der Waals surface area contributed by atoms with Crippen LogP contribution in [0.15, 0.2) is 18.2 Å². The summed E-state index contributed by atoms with van der Waals surface area (Å²) in [6.45, 7) is 5.20. The minimum atomic E-state index is 0.279. The summed E-state index contributed by atoms with van der Waals surface area (Å²) < 4.78 is 10.9. The number of nitrogens with zero attached hydrogens (tertiary/aromatic N) is 3. The van der Waals surface area contributed by atoms with Crippen LogP contribution in [0.25, 0.3) is 21.3 Å². The van der Waals surface area contributed by atoms with E-state index in [0.717, 1.165) is 46.5 Å². The highest BCUT2D eigenvalue weighted by atomic mass is 35.5. The fourth-order valence-corrected chi connectivity index (χ4v) is 4.44. The van der Waals surface area contributed by atoms with E-state index in [1.54, 1.807) is 25.6 Å². The molecular formula is C20H24ClN3O2S. The minimum absolute atomic E-state index is 0.279. The first-order valence-corrected chi connectivity index (χ1v) is 10.1. The van der Waals surface area contributed by atoms with Crippen molar-refractivity contribution < 1.29 is 9.47 Å². The molecular weight excluding hydrogens is 382 g/mol. The van der Waals surface area contributed by atoms with Crippen molar-refractivity contribution in [3.8, 4) is 22.6 Å². The Morgan fingerprint density at radius 3 is 2.56 bits per heavy atom. The molecule has 7 heteroatoms. The van der Waals surface area contributed by atoms with Crippen molar-refractivity contribution in [3.63, 3.8) is 0 Å². The topological polar surface area (TPSA) is 47.5 Å². The number of aryl methyl sites for hydroxylation is 1. The Kier molecular flexibility index (Phi) is 6.07. The largest absolute Gasteiger partial charge is 0.493 e. The number of anilines is 1. The summed E-state index contributed by atoms with van der Waals surface area (Å²) in [5.41, 5.74) is 2.17. The van der Waals surface area contributed by atoms with Crippen LogP contribution in [-0.2, 0) is 0 Å². The number of benzene rings is 1. The predicted molar refractivity (Wildman–Crippen MR) is 114 cm³/mol. The Hall–Kier alpha value is -2.05. The first kappa shape index (κ1) is 19.7. The Morgan fingerprint density at radius 2 is 1.89 bits per heavy atom. The zero-order valence-corrected chi connectivity index (χ0v) is 17.9. The maximum atomic E-state index is 6.22. The molecule has 144 valence electrons. The lowest BCUT2D eigenvalue weighted by Crippen LogP contribution is -2.20. The SMILES string of the molecule is CCCCN(C)c1nc(Cl)nc2sc(C)c(-c3ccc(OC)c(OC)c3)c12. The molecule has 27 heavy (non-hydrogen) atoms. The van der Waals surface area contributed by atoms with Gasteiger partial charge in [0.25, 0.3) is 0 Å². The van der Waals surface area contributed by atoms with Crippen molar-refractivity contribution in [3.05, 3.63) is 28.4 Å². The average molecular weight is 406 g/mol. The van der Waals surface area contributed by atoms with Crippen LogP contribution in [-0.4, -0.2) is 37.8 Å². The van der Waals surface area contributed by atoms with Gasteiger partial charge in [-0.2, -0.15) is 4.98 Å². The first-order chi connectivity index (χ1) is 13.0. The Bertz CT molecular complexity index is 958. The molecule has 0 amide bonds. The van der Waals surface area contributed by atoms with Gasteiger partial charge < -0.3 is 14.4 Å². The number of fused-ring (bicyclic) bond motifs is 1. The van der Waals surface area contributed by atoms with Gasteiger partial charge in [0.1, 0.15) is 10.6 Å². The van der Waals surface area contributed by atoms with Gasteiger partial charge in [0.2, 0.25) is 5.28 Å². The van der Waals surface area contributed by atoms with E-state index in [4.69, 9.17) is 21.1 Å². The molecule has 0 aliphatic carbocycles. The molecule has 0 spiro atoms. The van der Waals surface area contributed by atoms with Gasteiger partial charge in [-0.25, -0.2) is 4.98 Å². The van der Waals surface area contributed by atoms with E-state index in [-0.39, 0.29) is 5.28 Å². The predicted octanol–water partition coefficient (Wildman–Crippen LogP) is 5.57. The van der Waals surface area contributed by atoms with Crippen LogP contribution in [0, 0.1) is 6.92 Å². The van der Waals surface area contributed by atoms with Crippen molar-refractivity contribution in [2.24, 2.45) is 0 Å². The van der Waals surface area contributed by atoms with E-state index in [9.17, 15) is 0 Å². The summed E-state index contributed by atoms with van der Waals surface area (Å²) in [6.07, 6.45) is 2.21. The second-order valence-electron chi connectivity index (χ2n) is 6.37. The number of unbranched alkanes of at least 4 members (excludes halogenated alkanes) is 1. The molecule has 3 aromatic rings. The molecule has 0 aliphatic rings. The summed E-state index contributed by atoms with van der Waals surface area (Å²) in [6, 6.07) is 5.96. The molecule has 0 saturated carbocycles. The molecule has 0 saturated heterocycles. The molecule has 0 radical (unpaired) electrons. The van der Waals surface area contributed by atoms with Gasteiger partial charge in [0, 0.05) is 24.0 Å². The van der Waals surface area contributed by atoms with E-state index >= 15 is 0 Å². The summed E-state index contributed by atoms with van der Waals surface area (Å²) in [5.74, 6) is 2.27. The quantitative estimate of drug-likeness (QED) is 0.480. The minimum Gasteiger partial charge on any atom is -0.493 e. The van der Waals surface area contributed by atoms with Crippen molar-refractivity contribution >= 4 is 39.0 Å². The lowest BCUT2D eigenvalue weighted by atomic mass is 10.0. The summed E-state index contributed by atoms with van der Waals surface area (Å²) in [5, 5.41) is 1.31. The molecule has 2 heterocycles.